The Bertz CT molecular complexity index is 512. The second-order valence-electron chi connectivity index (χ2n) is 4.25. The van der Waals surface area contributed by atoms with Crippen LogP contribution in [-0.4, -0.2) is 10.1 Å². The zero-order chi connectivity index (χ0) is 13.0. The molecule has 0 bridgehead atoms. The van der Waals surface area contributed by atoms with Gasteiger partial charge in [0.1, 0.15) is 5.82 Å². The maximum atomic E-state index is 13.0. The highest BCUT2D eigenvalue weighted by molar-refractivity contribution is 5.19. The average molecular weight is 249 g/mol. The quantitative estimate of drug-likeness (QED) is 0.884. The van der Waals surface area contributed by atoms with Crippen molar-refractivity contribution in [2.45, 2.75) is 32.2 Å². The Morgan fingerprint density at radius 3 is 3.00 bits per heavy atom. The molecule has 5 heteroatoms. The molecule has 1 aromatic carbocycles. The lowest BCUT2D eigenvalue weighted by atomic mass is 10.1. The predicted octanol–water partition coefficient (Wildman–Crippen LogP) is 2.60. The molecular weight excluding hydrogens is 233 g/mol. The minimum Gasteiger partial charge on any atom is -0.339 e. The van der Waals surface area contributed by atoms with Gasteiger partial charge in [-0.05, 0) is 24.1 Å². The fourth-order valence-corrected chi connectivity index (χ4v) is 1.75. The first-order valence-corrected chi connectivity index (χ1v) is 6.01. The Morgan fingerprint density at radius 2 is 2.28 bits per heavy atom. The highest BCUT2D eigenvalue weighted by Crippen LogP contribution is 2.14. The molecule has 18 heavy (non-hydrogen) atoms. The summed E-state index contributed by atoms with van der Waals surface area (Å²) < 4.78 is 18.1. The number of rotatable bonds is 5. The van der Waals surface area contributed by atoms with Crippen molar-refractivity contribution in [2.24, 2.45) is 5.73 Å². The molecule has 0 saturated carbocycles. The van der Waals surface area contributed by atoms with Crippen LogP contribution >= 0.6 is 0 Å². The van der Waals surface area contributed by atoms with Gasteiger partial charge in [0.05, 0.1) is 12.5 Å². The first-order chi connectivity index (χ1) is 8.69. The van der Waals surface area contributed by atoms with E-state index >= 15 is 0 Å². The van der Waals surface area contributed by atoms with Crippen LogP contribution in [0.25, 0.3) is 0 Å². The lowest BCUT2D eigenvalue weighted by Gasteiger charge is -2.02. The van der Waals surface area contributed by atoms with Crippen molar-refractivity contribution >= 4 is 0 Å². The third kappa shape index (κ3) is 3.13. The van der Waals surface area contributed by atoms with Crippen LogP contribution in [-0.2, 0) is 6.42 Å². The first kappa shape index (κ1) is 12.7. The molecule has 4 nitrogen and oxygen atoms in total. The number of nitrogens with zero attached hydrogens (tertiary/aromatic N) is 2. The van der Waals surface area contributed by atoms with Crippen molar-refractivity contribution in [2.75, 3.05) is 0 Å². The Morgan fingerprint density at radius 1 is 1.44 bits per heavy atom. The summed E-state index contributed by atoms with van der Waals surface area (Å²) in [4.78, 5) is 4.23. The van der Waals surface area contributed by atoms with Crippen molar-refractivity contribution < 1.29 is 8.91 Å². The monoisotopic (exact) mass is 249 g/mol. The predicted molar refractivity (Wildman–Crippen MR) is 65.3 cm³/mol. The van der Waals surface area contributed by atoms with Crippen LogP contribution < -0.4 is 5.73 Å². The largest absolute Gasteiger partial charge is 0.339 e. The second kappa shape index (κ2) is 5.73. The maximum Gasteiger partial charge on any atom is 0.231 e. The van der Waals surface area contributed by atoms with Gasteiger partial charge in [0.15, 0.2) is 5.82 Å². The van der Waals surface area contributed by atoms with Crippen molar-refractivity contribution in [1.82, 2.24) is 10.1 Å². The molecule has 1 unspecified atom stereocenters. The van der Waals surface area contributed by atoms with Gasteiger partial charge < -0.3 is 10.3 Å². The topological polar surface area (TPSA) is 64.9 Å². The van der Waals surface area contributed by atoms with Gasteiger partial charge >= 0.3 is 0 Å². The molecule has 0 amide bonds. The van der Waals surface area contributed by atoms with E-state index in [4.69, 9.17) is 10.3 Å². The third-order valence-electron chi connectivity index (χ3n) is 2.66. The van der Waals surface area contributed by atoms with Crippen LogP contribution in [0.2, 0.25) is 0 Å². The summed E-state index contributed by atoms with van der Waals surface area (Å²) in [6.45, 7) is 2.05. The van der Waals surface area contributed by atoms with Crippen molar-refractivity contribution in [3.8, 4) is 0 Å². The van der Waals surface area contributed by atoms with Crippen LogP contribution in [0.3, 0.4) is 0 Å². The minimum absolute atomic E-state index is 0.194. The molecule has 1 heterocycles. The van der Waals surface area contributed by atoms with Crippen molar-refractivity contribution in [3.63, 3.8) is 0 Å². The molecule has 2 N–H and O–H groups in total. The summed E-state index contributed by atoms with van der Waals surface area (Å²) in [5.41, 5.74) is 6.69. The Hall–Kier alpha value is -1.75. The van der Waals surface area contributed by atoms with Gasteiger partial charge in [-0.2, -0.15) is 4.98 Å². The Balaban J connectivity index is 2.06. The molecular formula is C13H16FN3O. The van der Waals surface area contributed by atoms with E-state index in [2.05, 4.69) is 10.1 Å². The molecule has 0 aliphatic carbocycles. The SMILES string of the molecule is CCCC(N)c1noc(Cc2cccc(F)c2)n1. The zero-order valence-electron chi connectivity index (χ0n) is 10.3. The highest BCUT2D eigenvalue weighted by atomic mass is 19.1. The number of halogens is 1. The summed E-state index contributed by atoms with van der Waals surface area (Å²) in [5.74, 6) is 0.709. The molecule has 2 aromatic rings. The molecule has 96 valence electrons. The van der Waals surface area contributed by atoms with Crippen molar-refractivity contribution in [3.05, 3.63) is 47.4 Å². The molecule has 0 radical (unpaired) electrons. The molecule has 2 rings (SSSR count). The van der Waals surface area contributed by atoms with Gasteiger partial charge in [-0.15, -0.1) is 0 Å². The second-order valence-corrected chi connectivity index (χ2v) is 4.25. The summed E-state index contributed by atoms with van der Waals surface area (Å²) in [7, 11) is 0. The smallest absolute Gasteiger partial charge is 0.231 e. The molecule has 0 saturated heterocycles. The van der Waals surface area contributed by atoms with Crippen LogP contribution in [0, 0.1) is 5.82 Å². The lowest BCUT2D eigenvalue weighted by Crippen LogP contribution is -2.11. The summed E-state index contributed by atoms with van der Waals surface area (Å²) in [6.07, 6.45) is 2.21. The van der Waals surface area contributed by atoms with Crippen LogP contribution in [0.1, 0.15) is 43.1 Å². The van der Waals surface area contributed by atoms with E-state index in [-0.39, 0.29) is 11.9 Å². The van der Waals surface area contributed by atoms with Gasteiger partial charge in [0.2, 0.25) is 5.89 Å². The molecule has 1 atom stereocenters. The third-order valence-corrected chi connectivity index (χ3v) is 2.66. The normalized spacial score (nSPS) is 12.6. The highest BCUT2D eigenvalue weighted by Gasteiger charge is 2.13. The molecule has 1 aromatic heterocycles. The van der Waals surface area contributed by atoms with Crippen LogP contribution in [0.5, 0.6) is 0 Å². The van der Waals surface area contributed by atoms with Gasteiger partial charge in [-0.3, -0.25) is 0 Å². The summed E-state index contributed by atoms with van der Waals surface area (Å²) >= 11 is 0. The van der Waals surface area contributed by atoms with Crippen molar-refractivity contribution in [1.29, 1.82) is 0 Å². The molecule has 0 aliphatic heterocycles. The average Bonchev–Trinajstić information content (AvgIpc) is 2.78. The van der Waals surface area contributed by atoms with E-state index in [0.29, 0.717) is 18.1 Å². The molecule has 0 aliphatic rings. The molecule has 0 spiro atoms. The van der Waals surface area contributed by atoms with E-state index in [1.54, 1.807) is 6.07 Å². The van der Waals surface area contributed by atoms with E-state index < -0.39 is 0 Å². The molecule has 0 fully saturated rings. The zero-order valence-corrected chi connectivity index (χ0v) is 10.3. The lowest BCUT2D eigenvalue weighted by molar-refractivity contribution is 0.374. The summed E-state index contributed by atoms with van der Waals surface area (Å²) in [5, 5.41) is 3.85. The Labute approximate surface area is 105 Å². The van der Waals surface area contributed by atoms with Gasteiger partial charge in [-0.1, -0.05) is 30.6 Å². The van der Waals surface area contributed by atoms with Gasteiger partial charge in [-0.25, -0.2) is 4.39 Å². The number of hydrogen-bond acceptors (Lipinski definition) is 4. The van der Waals surface area contributed by atoms with Crippen LogP contribution in [0.4, 0.5) is 4.39 Å². The Kier molecular flexibility index (Phi) is 4.04. The number of benzene rings is 1. The van der Waals surface area contributed by atoms with E-state index in [9.17, 15) is 4.39 Å². The standard InChI is InChI=1S/C13H16FN3O/c1-2-4-11(15)13-16-12(18-17-13)8-9-5-3-6-10(14)7-9/h3,5-7,11H,2,4,8,15H2,1H3. The number of aromatic nitrogens is 2. The van der Waals surface area contributed by atoms with E-state index in [1.165, 1.54) is 12.1 Å². The van der Waals surface area contributed by atoms with Gasteiger partial charge in [0.25, 0.3) is 0 Å². The maximum absolute atomic E-state index is 13.0. The van der Waals surface area contributed by atoms with E-state index in [1.807, 2.05) is 13.0 Å². The number of nitrogens with two attached hydrogens (primary N) is 1. The minimum atomic E-state index is -0.269. The fourth-order valence-electron chi connectivity index (χ4n) is 1.75. The van der Waals surface area contributed by atoms with E-state index in [0.717, 1.165) is 18.4 Å². The van der Waals surface area contributed by atoms with Crippen LogP contribution in [0.15, 0.2) is 28.8 Å². The summed E-state index contributed by atoms with van der Waals surface area (Å²) in [6, 6.07) is 6.14. The number of hydrogen-bond donors (Lipinski definition) is 1. The first-order valence-electron chi connectivity index (χ1n) is 6.01. The fraction of sp³-hybridized carbons (Fsp3) is 0.385. The van der Waals surface area contributed by atoms with Gasteiger partial charge in [0, 0.05) is 0 Å².